The number of hydrogen-bond acceptors (Lipinski definition) is 6. The highest BCUT2D eigenvalue weighted by molar-refractivity contribution is 7.99. The minimum absolute atomic E-state index is 0.0925. The molecular formula is C23H23N3O3S. The predicted molar refractivity (Wildman–Crippen MR) is 118 cm³/mol. The van der Waals surface area contributed by atoms with E-state index in [1.807, 2.05) is 53.4 Å². The molecule has 0 unspecified atom stereocenters. The van der Waals surface area contributed by atoms with E-state index in [9.17, 15) is 4.79 Å². The van der Waals surface area contributed by atoms with E-state index in [1.54, 1.807) is 14.2 Å². The van der Waals surface area contributed by atoms with E-state index in [1.165, 1.54) is 17.3 Å². The number of amides is 1. The van der Waals surface area contributed by atoms with E-state index in [4.69, 9.17) is 9.47 Å². The summed E-state index contributed by atoms with van der Waals surface area (Å²) in [5.74, 6) is 1.81. The third-order valence-corrected chi connectivity index (χ3v) is 5.98. The quantitative estimate of drug-likeness (QED) is 0.555. The molecule has 1 aliphatic heterocycles. The van der Waals surface area contributed by atoms with E-state index >= 15 is 0 Å². The van der Waals surface area contributed by atoms with E-state index in [0.29, 0.717) is 28.0 Å². The molecule has 1 aliphatic rings. The highest BCUT2D eigenvalue weighted by Crippen LogP contribution is 2.32. The second-order valence-corrected chi connectivity index (χ2v) is 7.88. The monoisotopic (exact) mass is 421 g/mol. The topological polar surface area (TPSA) is 64.5 Å². The Bertz CT molecular complexity index is 1040. The molecule has 2 aromatic carbocycles. The van der Waals surface area contributed by atoms with Crippen molar-refractivity contribution in [1.82, 2.24) is 10.2 Å². The molecule has 4 rings (SSSR count). The number of benzene rings is 2. The fourth-order valence-corrected chi connectivity index (χ4v) is 4.25. The lowest BCUT2D eigenvalue weighted by molar-refractivity contribution is -0.116. The van der Waals surface area contributed by atoms with Crippen LogP contribution < -0.4 is 14.4 Å². The van der Waals surface area contributed by atoms with Gasteiger partial charge in [-0.25, -0.2) is 0 Å². The lowest BCUT2D eigenvalue weighted by Gasteiger charge is -2.29. The van der Waals surface area contributed by atoms with E-state index in [0.717, 1.165) is 30.6 Å². The maximum Gasteiger partial charge on any atom is 0.237 e. The number of aryl methyl sites for hydroxylation is 1. The first kappa shape index (κ1) is 20.2. The molecule has 0 atom stereocenters. The van der Waals surface area contributed by atoms with Gasteiger partial charge in [0.25, 0.3) is 0 Å². The molecule has 0 bridgehead atoms. The molecule has 0 spiro atoms. The molecule has 0 fully saturated rings. The van der Waals surface area contributed by atoms with Crippen molar-refractivity contribution in [3.63, 3.8) is 0 Å². The van der Waals surface area contributed by atoms with Crippen LogP contribution in [0.3, 0.4) is 0 Å². The van der Waals surface area contributed by atoms with Gasteiger partial charge in [0, 0.05) is 23.9 Å². The van der Waals surface area contributed by atoms with Crippen molar-refractivity contribution in [2.24, 2.45) is 0 Å². The molecule has 3 aromatic rings. The summed E-state index contributed by atoms with van der Waals surface area (Å²) in [5.41, 5.74) is 3.81. The number of nitrogens with zero attached hydrogens (tertiary/aromatic N) is 3. The Hall–Kier alpha value is -3.06. The molecule has 0 N–H and O–H groups in total. The highest BCUT2D eigenvalue weighted by Gasteiger charge is 2.22. The van der Waals surface area contributed by atoms with Gasteiger partial charge >= 0.3 is 0 Å². The van der Waals surface area contributed by atoms with Crippen molar-refractivity contribution in [2.75, 3.05) is 31.4 Å². The Morgan fingerprint density at radius 1 is 1.07 bits per heavy atom. The summed E-state index contributed by atoms with van der Waals surface area (Å²) in [6.07, 6.45) is 2.01. The Kier molecular flexibility index (Phi) is 6.18. The van der Waals surface area contributed by atoms with Gasteiger partial charge in [0.05, 0.1) is 25.7 Å². The van der Waals surface area contributed by atoms with Gasteiger partial charge < -0.3 is 14.4 Å². The van der Waals surface area contributed by atoms with Gasteiger partial charge in [-0.2, -0.15) is 0 Å². The Morgan fingerprint density at radius 2 is 1.93 bits per heavy atom. The number of hydrogen-bond donors (Lipinski definition) is 0. The van der Waals surface area contributed by atoms with Gasteiger partial charge in [0.1, 0.15) is 16.5 Å². The van der Waals surface area contributed by atoms with Gasteiger partial charge in [0.2, 0.25) is 5.91 Å². The number of fused-ring (bicyclic) bond motifs is 1. The molecule has 0 radical (unpaired) electrons. The minimum atomic E-state index is 0.0925. The Labute approximate surface area is 180 Å². The van der Waals surface area contributed by atoms with Crippen LogP contribution in [0.15, 0.2) is 59.6 Å². The number of aromatic nitrogens is 2. The van der Waals surface area contributed by atoms with Crippen molar-refractivity contribution in [2.45, 2.75) is 17.9 Å². The van der Waals surface area contributed by atoms with Gasteiger partial charge in [-0.05, 0) is 48.7 Å². The summed E-state index contributed by atoms with van der Waals surface area (Å²) in [5, 5.41) is 9.33. The van der Waals surface area contributed by atoms with Gasteiger partial charge in [0.15, 0.2) is 0 Å². The fourth-order valence-electron chi connectivity index (χ4n) is 3.56. The van der Waals surface area contributed by atoms with Crippen LogP contribution >= 0.6 is 11.8 Å². The van der Waals surface area contributed by atoms with Crippen LogP contribution in [0.2, 0.25) is 0 Å². The highest BCUT2D eigenvalue weighted by atomic mass is 32.2. The van der Waals surface area contributed by atoms with Crippen molar-refractivity contribution < 1.29 is 14.3 Å². The first-order valence-electron chi connectivity index (χ1n) is 9.77. The van der Waals surface area contributed by atoms with Crippen LogP contribution in [-0.2, 0) is 11.2 Å². The number of para-hydroxylation sites is 1. The SMILES string of the molecule is COc1ccc(-c2ccc(SCC(=O)N3CCCc4ccccc43)nn2)c(OC)c1. The maximum atomic E-state index is 12.8. The lowest BCUT2D eigenvalue weighted by Crippen LogP contribution is -2.36. The average Bonchev–Trinajstić information content (AvgIpc) is 2.82. The molecule has 1 aromatic heterocycles. The second-order valence-electron chi connectivity index (χ2n) is 6.89. The summed E-state index contributed by atoms with van der Waals surface area (Å²) in [6.45, 7) is 0.762. The summed E-state index contributed by atoms with van der Waals surface area (Å²) >= 11 is 1.40. The molecule has 0 saturated carbocycles. The number of thioether (sulfide) groups is 1. The Balaban J connectivity index is 1.43. The molecule has 30 heavy (non-hydrogen) atoms. The first-order chi connectivity index (χ1) is 14.7. The number of methoxy groups -OCH3 is 2. The summed E-state index contributed by atoms with van der Waals surface area (Å²) in [6, 6.07) is 17.5. The van der Waals surface area contributed by atoms with Crippen molar-refractivity contribution in [1.29, 1.82) is 0 Å². The Morgan fingerprint density at radius 3 is 2.70 bits per heavy atom. The predicted octanol–water partition coefficient (Wildman–Crippen LogP) is 4.23. The summed E-state index contributed by atoms with van der Waals surface area (Å²) < 4.78 is 10.7. The van der Waals surface area contributed by atoms with Crippen LogP contribution in [0.25, 0.3) is 11.3 Å². The van der Waals surface area contributed by atoms with Crippen LogP contribution in [-0.4, -0.2) is 42.6 Å². The zero-order chi connectivity index (χ0) is 20.9. The van der Waals surface area contributed by atoms with E-state index in [-0.39, 0.29) is 5.91 Å². The van der Waals surface area contributed by atoms with Crippen molar-refractivity contribution in [3.05, 3.63) is 60.2 Å². The minimum Gasteiger partial charge on any atom is -0.497 e. The number of anilines is 1. The number of carbonyl (C=O) groups excluding carboxylic acids is 1. The van der Waals surface area contributed by atoms with Crippen molar-refractivity contribution in [3.8, 4) is 22.8 Å². The molecule has 1 amide bonds. The average molecular weight is 422 g/mol. The molecule has 7 heteroatoms. The van der Waals surface area contributed by atoms with Crippen LogP contribution in [0.1, 0.15) is 12.0 Å². The van der Waals surface area contributed by atoms with Crippen LogP contribution in [0.5, 0.6) is 11.5 Å². The summed E-state index contributed by atoms with van der Waals surface area (Å²) in [7, 11) is 3.23. The third kappa shape index (κ3) is 4.26. The number of rotatable bonds is 6. The molecule has 0 aliphatic carbocycles. The molecule has 0 saturated heterocycles. The third-order valence-electron chi connectivity index (χ3n) is 5.08. The fraction of sp³-hybridized carbons (Fsp3) is 0.261. The van der Waals surface area contributed by atoms with Gasteiger partial charge in [-0.1, -0.05) is 30.0 Å². The summed E-state index contributed by atoms with van der Waals surface area (Å²) in [4.78, 5) is 14.7. The standard InChI is InChI=1S/C23H23N3O3S/c1-28-17-9-10-18(21(14-17)29-2)19-11-12-22(25-24-19)30-15-23(27)26-13-5-7-16-6-3-4-8-20(16)26/h3-4,6,8-12,14H,5,7,13,15H2,1-2H3. The smallest absolute Gasteiger partial charge is 0.237 e. The normalized spacial score (nSPS) is 12.9. The zero-order valence-electron chi connectivity index (χ0n) is 17.0. The second kappa shape index (κ2) is 9.17. The van der Waals surface area contributed by atoms with E-state index in [2.05, 4.69) is 16.3 Å². The maximum absolute atomic E-state index is 12.8. The van der Waals surface area contributed by atoms with Gasteiger partial charge in [-0.15, -0.1) is 10.2 Å². The molecule has 2 heterocycles. The molecular weight excluding hydrogens is 398 g/mol. The van der Waals surface area contributed by atoms with Crippen LogP contribution in [0, 0.1) is 0 Å². The first-order valence-corrected chi connectivity index (χ1v) is 10.8. The van der Waals surface area contributed by atoms with Crippen molar-refractivity contribution >= 4 is 23.4 Å². The molecule has 154 valence electrons. The number of carbonyl (C=O) groups is 1. The van der Waals surface area contributed by atoms with Crippen LogP contribution in [0.4, 0.5) is 5.69 Å². The van der Waals surface area contributed by atoms with E-state index < -0.39 is 0 Å². The molecule has 6 nitrogen and oxygen atoms in total. The lowest BCUT2D eigenvalue weighted by atomic mass is 10.0. The zero-order valence-corrected chi connectivity index (χ0v) is 17.8. The number of ether oxygens (including phenoxy) is 2. The largest absolute Gasteiger partial charge is 0.497 e. The van der Waals surface area contributed by atoms with Gasteiger partial charge in [-0.3, -0.25) is 4.79 Å².